The first-order valence-corrected chi connectivity index (χ1v) is 8.33. The molecule has 4 rings (SSSR count). The fourth-order valence-corrected chi connectivity index (χ4v) is 3.88. The van der Waals surface area contributed by atoms with E-state index in [1.54, 1.807) is 0 Å². The Bertz CT molecular complexity index is 615. The average Bonchev–Trinajstić information content (AvgIpc) is 2.99. The van der Waals surface area contributed by atoms with Gasteiger partial charge in [-0.05, 0) is 33.3 Å². The molecule has 0 unspecified atom stereocenters. The Morgan fingerprint density at radius 1 is 1.00 bits per heavy atom. The third kappa shape index (κ3) is 2.49. The van der Waals surface area contributed by atoms with Crippen LogP contribution in [-0.2, 0) is 23.7 Å². The van der Waals surface area contributed by atoms with Crippen molar-refractivity contribution in [3.63, 3.8) is 0 Å². The Hall–Kier alpha value is -1.02. The number of ether oxygens (including phenoxy) is 5. The first kappa shape index (κ1) is 16.4. The summed E-state index contributed by atoms with van der Waals surface area (Å²) in [5, 5.41) is 11.1. The maximum atomic E-state index is 11.1. The molecule has 1 aromatic rings. The Morgan fingerprint density at radius 3 is 2.42 bits per heavy atom. The van der Waals surface area contributed by atoms with Gasteiger partial charge in [0.25, 0.3) is 0 Å². The van der Waals surface area contributed by atoms with Gasteiger partial charge in [-0.15, -0.1) is 0 Å². The molecule has 0 amide bonds. The van der Waals surface area contributed by atoms with E-state index in [2.05, 4.69) is 0 Å². The lowest BCUT2D eigenvalue weighted by Gasteiger charge is -2.43. The van der Waals surface area contributed by atoms with Gasteiger partial charge in [-0.25, -0.2) is 0 Å². The fourth-order valence-electron chi connectivity index (χ4n) is 3.88. The molecule has 5 atom stereocenters. The molecule has 3 heterocycles. The topological polar surface area (TPSA) is 66.4 Å². The normalized spacial score (nSPS) is 40.8. The molecule has 1 N–H and O–H groups in total. The Balaban J connectivity index is 1.72. The molecule has 1 aromatic carbocycles. The van der Waals surface area contributed by atoms with Crippen molar-refractivity contribution in [1.82, 2.24) is 0 Å². The first-order chi connectivity index (χ1) is 11.2. The van der Waals surface area contributed by atoms with Crippen LogP contribution in [0.1, 0.15) is 39.4 Å². The lowest BCUT2D eigenvalue weighted by atomic mass is 9.89. The largest absolute Gasteiger partial charge is 0.383 e. The number of aliphatic hydroxyl groups is 1. The third-order valence-electron chi connectivity index (χ3n) is 4.70. The van der Waals surface area contributed by atoms with Crippen LogP contribution >= 0.6 is 0 Å². The van der Waals surface area contributed by atoms with E-state index >= 15 is 0 Å². The maximum Gasteiger partial charge on any atom is 0.231 e. The Morgan fingerprint density at radius 2 is 1.71 bits per heavy atom. The minimum absolute atomic E-state index is 0.251. The molecule has 6 nitrogen and oxygen atoms in total. The first-order valence-electron chi connectivity index (χ1n) is 8.33. The van der Waals surface area contributed by atoms with Gasteiger partial charge in [0.1, 0.15) is 24.4 Å². The summed E-state index contributed by atoms with van der Waals surface area (Å²) in [6, 6.07) is 9.33. The minimum Gasteiger partial charge on any atom is -0.383 e. The van der Waals surface area contributed by atoms with Gasteiger partial charge in [0.15, 0.2) is 11.6 Å². The highest BCUT2D eigenvalue weighted by Crippen LogP contribution is 2.52. The van der Waals surface area contributed by atoms with Gasteiger partial charge in [-0.1, -0.05) is 30.3 Å². The van der Waals surface area contributed by atoms with Crippen LogP contribution in [0.25, 0.3) is 0 Å². The number of benzene rings is 1. The molecule has 24 heavy (non-hydrogen) atoms. The quantitative estimate of drug-likeness (QED) is 0.892. The molecule has 0 saturated carbocycles. The zero-order valence-corrected chi connectivity index (χ0v) is 14.4. The second-order valence-electron chi connectivity index (χ2n) is 7.52. The predicted octanol–water partition coefficient (Wildman–Crippen LogP) is 2.12. The number of hydrogen-bond acceptors (Lipinski definition) is 6. The Kier molecular flexibility index (Phi) is 3.59. The van der Waals surface area contributed by atoms with Crippen molar-refractivity contribution in [2.45, 2.75) is 69.5 Å². The summed E-state index contributed by atoms with van der Waals surface area (Å²) < 4.78 is 30.2. The van der Waals surface area contributed by atoms with Gasteiger partial charge >= 0.3 is 0 Å². The summed E-state index contributed by atoms with van der Waals surface area (Å²) in [6.07, 6.45) is -2.21. The Labute approximate surface area is 141 Å². The SMILES string of the molecule is CC1(C)O[C@@H]2[C@@H](CO[C@@]3([C@@H](O)c4ccccc4)OC(C)(C)O[C@@H]23)O1. The standard InChI is InChI=1S/C18H24O6/c1-16(2)21-12-10-20-18(14(19)11-8-6-5-7-9-11)15(13(12)22-16)23-17(3,4)24-18/h5-9,12-15,19H,10H2,1-4H3/t12-,13-,14+,15+,18+/m1/s1. The zero-order chi connectivity index (χ0) is 17.2. The second-order valence-corrected chi connectivity index (χ2v) is 7.52. The summed E-state index contributed by atoms with van der Waals surface area (Å²) in [6.45, 7) is 7.62. The van der Waals surface area contributed by atoms with Crippen LogP contribution in [-0.4, -0.2) is 47.4 Å². The molecule has 0 radical (unpaired) electrons. The number of rotatable bonds is 2. The van der Waals surface area contributed by atoms with E-state index < -0.39 is 29.6 Å². The highest BCUT2D eigenvalue weighted by molar-refractivity contribution is 5.22. The fraction of sp³-hybridized carbons (Fsp3) is 0.667. The van der Waals surface area contributed by atoms with Gasteiger partial charge in [-0.2, -0.15) is 0 Å². The highest BCUT2D eigenvalue weighted by Gasteiger charge is 2.68. The van der Waals surface area contributed by atoms with Crippen molar-refractivity contribution >= 4 is 0 Å². The van der Waals surface area contributed by atoms with Gasteiger partial charge in [0.2, 0.25) is 5.79 Å². The van der Waals surface area contributed by atoms with Crippen LogP contribution in [0.4, 0.5) is 0 Å². The molecule has 0 bridgehead atoms. The predicted molar refractivity (Wildman–Crippen MR) is 83.9 cm³/mol. The van der Waals surface area contributed by atoms with Crippen LogP contribution in [0.2, 0.25) is 0 Å². The van der Waals surface area contributed by atoms with Gasteiger partial charge < -0.3 is 28.8 Å². The summed E-state index contributed by atoms with van der Waals surface area (Å²) in [5.74, 6) is -2.94. The molecule has 0 aromatic heterocycles. The van der Waals surface area contributed by atoms with Crippen molar-refractivity contribution in [2.24, 2.45) is 0 Å². The smallest absolute Gasteiger partial charge is 0.231 e. The third-order valence-corrected chi connectivity index (χ3v) is 4.70. The minimum atomic E-state index is -1.32. The van der Waals surface area contributed by atoms with Crippen molar-refractivity contribution in [3.05, 3.63) is 35.9 Å². The molecule has 3 saturated heterocycles. The molecule has 3 aliphatic heterocycles. The molecule has 0 spiro atoms. The van der Waals surface area contributed by atoms with Gasteiger partial charge in [-0.3, -0.25) is 0 Å². The number of aliphatic hydroxyl groups excluding tert-OH is 1. The van der Waals surface area contributed by atoms with Crippen LogP contribution in [0.15, 0.2) is 30.3 Å². The van der Waals surface area contributed by atoms with Crippen molar-refractivity contribution in [2.75, 3.05) is 6.61 Å². The van der Waals surface area contributed by atoms with Crippen LogP contribution < -0.4 is 0 Å². The average molecular weight is 336 g/mol. The lowest BCUT2D eigenvalue weighted by Crippen LogP contribution is -2.61. The van der Waals surface area contributed by atoms with Gasteiger partial charge in [0, 0.05) is 0 Å². The molecular formula is C18H24O6. The van der Waals surface area contributed by atoms with E-state index in [-0.39, 0.29) is 18.8 Å². The van der Waals surface area contributed by atoms with E-state index in [1.807, 2.05) is 58.0 Å². The van der Waals surface area contributed by atoms with Gasteiger partial charge in [0.05, 0.1) is 6.61 Å². The lowest BCUT2D eigenvalue weighted by molar-refractivity contribution is -0.320. The molecule has 3 aliphatic rings. The summed E-state index contributed by atoms with van der Waals surface area (Å²) in [4.78, 5) is 0. The molecule has 132 valence electrons. The van der Waals surface area contributed by atoms with E-state index in [4.69, 9.17) is 23.7 Å². The van der Waals surface area contributed by atoms with E-state index in [1.165, 1.54) is 0 Å². The summed E-state index contributed by atoms with van der Waals surface area (Å²) in [5.41, 5.74) is 0.709. The van der Waals surface area contributed by atoms with E-state index in [0.29, 0.717) is 5.56 Å². The van der Waals surface area contributed by atoms with Crippen LogP contribution in [0, 0.1) is 0 Å². The molecular weight excluding hydrogens is 312 g/mol. The summed E-state index contributed by atoms with van der Waals surface area (Å²) >= 11 is 0. The monoisotopic (exact) mass is 336 g/mol. The molecule has 0 aliphatic carbocycles. The molecule has 3 fully saturated rings. The number of hydrogen-bond donors (Lipinski definition) is 1. The van der Waals surface area contributed by atoms with Crippen LogP contribution in [0.3, 0.4) is 0 Å². The maximum absolute atomic E-state index is 11.1. The van der Waals surface area contributed by atoms with Crippen molar-refractivity contribution in [1.29, 1.82) is 0 Å². The van der Waals surface area contributed by atoms with E-state index in [9.17, 15) is 5.11 Å². The van der Waals surface area contributed by atoms with Crippen molar-refractivity contribution in [3.8, 4) is 0 Å². The van der Waals surface area contributed by atoms with Crippen LogP contribution in [0.5, 0.6) is 0 Å². The zero-order valence-electron chi connectivity index (χ0n) is 14.4. The molecule has 6 heteroatoms. The second kappa shape index (κ2) is 5.24. The van der Waals surface area contributed by atoms with E-state index in [0.717, 1.165) is 0 Å². The highest BCUT2D eigenvalue weighted by atomic mass is 16.9. The number of fused-ring (bicyclic) bond motifs is 3. The van der Waals surface area contributed by atoms with Crippen molar-refractivity contribution < 1.29 is 28.8 Å². The summed E-state index contributed by atoms with van der Waals surface area (Å²) in [7, 11) is 0.